The molecule has 0 aliphatic heterocycles. The molecule has 0 saturated carbocycles. The van der Waals surface area contributed by atoms with Gasteiger partial charge in [-0.05, 0) is 48.8 Å². The van der Waals surface area contributed by atoms with Crippen molar-refractivity contribution in [1.29, 1.82) is 0 Å². The number of hydrogen-bond acceptors (Lipinski definition) is 4. The van der Waals surface area contributed by atoms with E-state index in [1.165, 1.54) is 6.07 Å². The maximum absolute atomic E-state index is 12.0. The fourth-order valence-corrected chi connectivity index (χ4v) is 2.20. The van der Waals surface area contributed by atoms with E-state index in [2.05, 4.69) is 21.2 Å². The van der Waals surface area contributed by atoms with E-state index in [0.717, 1.165) is 0 Å². The van der Waals surface area contributed by atoms with Crippen LogP contribution in [0, 0.1) is 0 Å². The highest BCUT2D eigenvalue weighted by atomic mass is 79.9. The molecule has 21 heavy (non-hydrogen) atoms. The van der Waals surface area contributed by atoms with Gasteiger partial charge in [0.2, 0.25) is 0 Å². The third-order valence-corrected chi connectivity index (χ3v) is 3.19. The summed E-state index contributed by atoms with van der Waals surface area (Å²) in [5, 5.41) is 3.05. The first-order chi connectivity index (χ1) is 9.76. The van der Waals surface area contributed by atoms with Gasteiger partial charge in [0.05, 0.1) is 16.4 Å². The molecule has 2 aromatic rings. The van der Waals surface area contributed by atoms with Gasteiger partial charge < -0.3 is 14.5 Å². The van der Waals surface area contributed by atoms with Gasteiger partial charge in [-0.1, -0.05) is 6.07 Å². The molecule has 0 saturated heterocycles. The third kappa shape index (κ3) is 4.07. The number of hydrogen-bond donors (Lipinski definition) is 1. The first-order valence-electron chi connectivity index (χ1n) is 6.44. The molecule has 0 spiro atoms. The topological polar surface area (TPSA) is 68.5 Å². The Hall–Kier alpha value is -1.82. The minimum absolute atomic E-state index is 0.0847. The number of nitrogens with one attached hydrogen (secondary N) is 1. The molecule has 1 amide bonds. The number of carbonyl (C=O) groups is 1. The zero-order chi connectivity index (χ0) is 15.6. The lowest BCUT2D eigenvalue weighted by Crippen LogP contribution is -2.32. The maximum Gasteiger partial charge on any atom is 0.408 e. The van der Waals surface area contributed by atoms with Gasteiger partial charge in [-0.25, -0.2) is 4.79 Å². The van der Waals surface area contributed by atoms with E-state index in [0.29, 0.717) is 21.2 Å². The second kappa shape index (κ2) is 5.89. The summed E-state index contributed by atoms with van der Waals surface area (Å²) in [5.41, 5.74) is -0.262. The van der Waals surface area contributed by atoms with Crippen LogP contribution < -0.4 is 10.7 Å². The summed E-state index contributed by atoms with van der Waals surface area (Å²) in [7, 11) is 0. The van der Waals surface area contributed by atoms with E-state index in [1.807, 2.05) is 0 Å². The van der Waals surface area contributed by atoms with Crippen LogP contribution in [0.3, 0.4) is 0 Å². The van der Waals surface area contributed by atoms with Crippen molar-refractivity contribution in [1.82, 2.24) is 5.32 Å². The largest absolute Gasteiger partial charge is 0.458 e. The number of alkyl carbamates (subject to hydrolysis) is 1. The molecule has 5 nitrogen and oxygen atoms in total. The molecule has 1 aromatic carbocycles. The van der Waals surface area contributed by atoms with Crippen LogP contribution >= 0.6 is 15.9 Å². The van der Waals surface area contributed by atoms with Gasteiger partial charge in [-0.15, -0.1) is 0 Å². The van der Waals surface area contributed by atoms with Gasteiger partial charge >= 0.3 is 6.09 Å². The maximum atomic E-state index is 12.0. The quantitative estimate of drug-likeness (QED) is 0.895. The predicted molar refractivity (Wildman–Crippen MR) is 83.3 cm³/mol. The van der Waals surface area contributed by atoms with Crippen LogP contribution in [0.25, 0.3) is 11.0 Å². The Labute approximate surface area is 130 Å². The number of benzene rings is 1. The van der Waals surface area contributed by atoms with Crippen LogP contribution in [-0.2, 0) is 11.3 Å². The van der Waals surface area contributed by atoms with E-state index in [9.17, 15) is 9.59 Å². The second-order valence-corrected chi connectivity index (χ2v) is 6.40. The molecule has 1 heterocycles. The van der Waals surface area contributed by atoms with E-state index in [4.69, 9.17) is 9.15 Å². The van der Waals surface area contributed by atoms with Crippen molar-refractivity contribution >= 4 is 33.0 Å². The van der Waals surface area contributed by atoms with Gasteiger partial charge in [0.1, 0.15) is 11.4 Å². The average molecular weight is 354 g/mol. The van der Waals surface area contributed by atoms with Gasteiger partial charge in [0.15, 0.2) is 11.0 Å². The molecule has 6 heteroatoms. The van der Waals surface area contributed by atoms with Crippen LogP contribution in [0.1, 0.15) is 26.5 Å². The van der Waals surface area contributed by atoms with Gasteiger partial charge in [-0.2, -0.15) is 0 Å². The smallest absolute Gasteiger partial charge is 0.408 e. The number of ether oxygens (including phenoxy) is 1. The average Bonchev–Trinajstić information content (AvgIpc) is 2.36. The summed E-state index contributed by atoms with van der Waals surface area (Å²) in [6.07, 6.45) is -0.558. The second-order valence-electron chi connectivity index (χ2n) is 5.55. The van der Waals surface area contributed by atoms with Crippen LogP contribution in [-0.4, -0.2) is 11.7 Å². The fourth-order valence-electron chi connectivity index (χ4n) is 1.75. The number of carbonyl (C=O) groups excluding carboxylic acids is 1. The Morgan fingerprint density at radius 1 is 1.38 bits per heavy atom. The number of amides is 1. The molecule has 0 fully saturated rings. The zero-order valence-electron chi connectivity index (χ0n) is 12.0. The fraction of sp³-hybridized carbons (Fsp3) is 0.333. The number of fused-ring (bicyclic) bond motifs is 1. The zero-order valence-corrected chi connectivity index (χ0v) is 13.6. The lowest BCUT2D eigenvalue weighted by Gasteiger charge is -2.19. The normalized spacial score (nSPS) is 11.4. The Kier molecular flexibility index (Phi) is 4.37. The predicted octanol–water partition coefficient (Wildman–Crippen LogP) is 3.58. The van der Waals surface area contributed by atoms with Crippen molar-refractivity contribution in [2.75, 3.05) is 0 Å². The summed E-state index contributed by atoms with van der Waals surface area (Å²) in [5.74, 6) is 0.366. The van der Waals surface area contributed by atoms with Crippen LogP contribution in [0.2, 0.25) is 0 Å². The molecule has 2 rings (SSSR count). The summed E-state index contributed by atoms with van der Waals surface area (Å²) in [6.45, 7) is 5.42. The first kappa shape index (κ1) is 15.6. The van der Waals surface area contributed by atoms with Crippen LogP contribution in [0.5, 0.6) is 0 Å². The summed E-state index contributed by atoms with van der Waals surface area (Å²) in [4.78, 5) is 23.6. The number of rotatable bonds is 2. The Balaban J connectivity index is 2.19. The highest BCUT2D eigenvalue weighted by molar-refractivity contribution is 9.10. The van der Waals surface area contributed by atoms with Crippen LogP contribution in [0.4, 0.5) is 4.79 Å². The third-order valence-electron chi connectivity index (χ3n) is 2.56. The lowest BCUT2D eigenvalue weighted by molar-refractivity contribution is 0.0520. The van der Waals surface area contributed by atoms with Gasteiger partial charge in [0, 0.05) is 6.07 Å². The molecule has 1 aromatic heterocycles. The van der Waals surface area contributed by atoms with Crippen molar-refractivity contribution in [3.63, 3.8) is 0 Å². The molecule has 0 unspecified atom stereocenters. The Bertz CT molecular complexity index is 731. The summed E-state index contributed by atoms with van der Waals surface area (Å²) in [6, 6.07) is 6.61. The standard InChI is InChI=1S/C15H16BrNO4/c1-15(2,3)21-14(19)17-8-9-7-12(18)10-5-4-6-11(16)13(10)20-9/h4-7H,8H2,1-3H3,(H,17,19). The van der Waals surface area contributed by atoms with Crippen molar-refractivity contribution < 1.29 is 13.9 Å². The van der Waals surface area contributed by atoms with E-state index in [1.54, 1.807) is 39.0 Å². The van der Waals surface area contributed by atoms with Crippen molar-refractivity contribution in [2.45, 2.75) is 32.9 Å². The molecule has 0 atom stereocenters. The van der Waals surface area contributed by atoms with E-state index in [-0.39, 0.29) is 12.0 Å². The molecule has 0 radical (unpaired) electrons. The van der Waals surface area contributed by atoms with Crippen LogP contribution in [0.15, 0.2) is 37.9 Å². The molecule has 0 aliphatic rings. The molecule has 0 aliphatic carbocycles. The molecule has 112 valence electrons. The van der Waals surface area contributed by atoms with Gasteiger partial charge in [-0.3, -0.25) is 4.79 Å². The van der Waals surface area contributed by atoms with Crippen molar-refractivity contribution in [2.24, 2.45) is 0 Å². The highest BCUT2D eigenvalue weighted by Crippen LogP contribution is 2.22. The Morgan fingerprint density at radius 2 is 2.10 bits per heavy atom. The number of halogens is 1. The van der Waals surface area contributed by atoms with E-state index < -0.39 is 11.7 Å². The van der Waals surface area contributed by atoms with E-state index >= 15 is 0 Å². The lowest BCUT2D eigenvalue weighted by atomic mass is 10.2. The molecular formula is C15H16BrNO4. The first-order valence-corrected chi connectivity index (χ1v) is 7.24. The summed E-state index contributed by atoms with van der Waals surface area (Å²) >= 11 is 3.34. The van der Waals surface area contributed by atoms with Gasteiger partial charge in [0.25, 0.3) is 0 Å². The molecule has 0 bridgehead atoms. The minimum atomic E-state index is -0.572. The number of para-hydroxylation sites is 1. The Morgan fingerprint density at radius 3 is 2.76 bits per heavy atom. The molecular weight excluding hydrogens is 338 g/mol. The molecule has 1 N–H and O–H groups in total. The van der Waals surface area contributed by atoms with Crippen molar-refractivity contribution in [3.8, 4) is 0 Å². The SMILES string of the molecule is CC(C)(C)OC(=O)NCc1cc(=O)c2cccc(Br)c2o1. The summed E-state index contributed by atoms with van der Waals surface area (Å²) < 4.78 is 11.4. The highest BCUT2D eigenvalue weighted by Gasteiger charge is 2.16. The van der Waals surface area contributed by atoms with Crippen molar-refractivity contribution in [3.05, 3.63) is 44.7 Å². The minimum Gasteiger partial charge on any atom is -0.458 e. The monoisotopic (exact) mass is 353 g/mol.